The van der Waals surface area contributed by atoms with Gasteiger partial charge in [-0.3, -0.25) is 4.79 Å². The van der Waals surface area contributed by atoms with Crippen LogP contribution in [0.25, 0.3) is 11.4 Å². The number of anilines is 1. The van der Waals surface area contributed by atoms with Gasteiger partial charge >= 0.3 is 0 Å². The van der Waals surface area contributed by atoms with E-state index in [0.29, 0.717) is 36.2 Å². The summed E-state index contributed by atoms with van der Waals surface area (Å²) >= 11 is 0. The first-order valence-electron chi connectivity index (χ1n) is 11.6. The van der Waals surface area contributed by atoms with E-state index in [9.17, 15) is 4.79 Å². The molecule has 0 aliphatic rings. The second-order valence-electron chi connectivity index (χ2n) is 8.16. The molecule has 0 saturated carbocycles. The first-order valence-corrected chi connectivity index (χ1v) is 11.6. The number of ether oxygens (including phenoxy) is 2. The number of aromatic nitrogens is 2. The van der Waals surface area contributed by atoms with Crippen LogP contribution >= 0.6 is 0 Å². The van der Waals surface area contributed by atoms with E-state index in [1.165, 1.54) is 0 Å². The highest BCUT2D eigenvalue weighted by molar-refractivity contribution is 5.92. The van der Waals surface area contributed by atoms with Gasteiger partial charge in [-0.25, -0.2) is 0 Å². The van der Waals surface area contributed by atoms with Crippen LogP contribution in [-0.2, 0) is 24.2 Å². The number of carbonyl (C=O) groups is 1. The second kappa shape index (κ2) is 11.3. The highest BCUT2D eigenvalue weighted by Gasteiger charge is 2.15. The number of aryl methyl sites for hydroxylation is 3. The number of carbonyl (C=O) groups excluding carboxylic acids is 1. The highest BCUT2D eigenvalue weighted by Crippen LogP contribution is 2.32. The van der Waals surface area contributed by atoms with E-state index in [1.54, 1.807) is 7.11 Å². The van der Waals surface area contributed by atoms with Crippen molar-refractivity contribution in [3.8, 4) is 22.9 Å². The summed E-state index contributed by atoms with van der Waals surface area (Å²) in [5, 5.41) is 7.10. The van der Waals surface area contributed by atoms with Crippen molar-refractivity contribution in [2.75, 3.05) is 12.4 Å². The summed E-state index contributed by atoms with van der Waals surface area (Å²) in [6.07, 6.45) is 1.44. The van der Waals surface area contributed by atoms with Gasteiger partial charge in [0.25, 0.3) is 0 Å². The minimum absolute atomic E-state index is 0.0877. The molecule has 3 aromatic carbocycles. The standard InChI is InChI=1S/C28H29N3O4/c1-4-21-12-8-9-19(2)27(21)29-25(32)15-16-26-30-28(31-35-26)22-13-14-23(24(17-22)33-3)34-18-20-10-6-5-7-11-20/h5-14,17H,4,15-16,18H2,1-3H3,(H,29,32). The first kappa shape index (κ1) is 24.0. The molecule has 0 saturated heterocycles. The zero-order chi connectivity index (χ0) is 24.6. The first-order chi connectivity index (χ1) is 17.1. The van der Waals surface area contributed by atoms with Gasteiger partial charge in [-0.15, -0.1) is 0 Å². The van der Waals surface area contributed by atoms with Crippen LogP contribution in [-0.4, -0.2) is 23.2 Å². The molecule has 0 unspecified atom stereocenters. The lowest BCUT2D eigenvalue weighted by Crippen LogP contribution is -2.14. The number of benzene rings is 3. The van der Waals surface area contributed by atoms with Crippen LogP contribution < -0.4 is 14.8 Å². The van der Waals surface area contributed by atoms with Gasteiger partial charge in [0, 0.05) is 24.1 Å². The van der Waals surface area contributed by atoms with Crippen molar-refractivity contribution in [1.29, 1.82) is 0 Å². The van der Waals surface area contributed by atoms with Crippen LogP contribution in [0.15, 0.2) is 71.3 Å². The fourth-order valence-corrected chi connectivity index (χ4v) is 3.76. The molecule has 1 N–H and O–H groups in total. The number of methoxy groups -OCH3 is 1. The maximum atomic E-state index is 12.5. The Labute approximate surface area is 205 Å². The summed E-state index contributed by atoms with van der Waals surface area (Å²) in [5.74, 6) is 1.95. The van der Waals surface area contributed by atoms with Crippen molar-refractivity contribution in [1.82, 2.24) is 10.1 Å². The number of hydrogen-bond donors (Lipinski definition) is 1. The Bertz CT molecular complexity index is 1280. The Balaban J connectivity index is 1.38. The molecule has 1 amide bonds. The number of hydrogen-bond acceptors (Lipinski definition) is 6. The minimum atomic E-state index is -0.0877. The lowest BCUT2D eigenvalue weighted by atomic mass is 10.1. The van der Waals surface area contributed by atoms with E-state index in [1.807, 2.05) is 73.7 Å². The molecule has 0 atom stereocenters. The number of nitrogens with one attached hydrogen (secondary N) is 1. The summed E-state index contributed by atoms with van der Waals surface area (Å²) in [7, 11) is 1.59. The Kier molecular flexibility index (Phi) is 7.77. The van der Waals surface area contributed by atoms with E-state index in [-0.39, 0.29) is 12.3 Å². The fraction of sp³-hybridized carbons (Fsp3) is 0.250. The van der Waals surface area contributed by atoms with E-state index >= 15 is 0 Å². The monoisotopic (exact) mass is 471 g/mol. The molecule has 0 fully saturated rings. The van der Waals surface area contributed by atoms with Crippen LogP contribution in [0.3, 0.4) is 0 Å². The molecule has 7 heteroatoms. The van der Waals surface area contributed by atoms with Gasteiger partial charge in [0.05, 0.1) is 7.11 Å². The van der Waals surface area contributed by atoms with E-state index in [0.717, 1.165) is 34.4 Å². The molecule has 4 aromatic rings. The molecule has 0 radical (unpaired) electrons. The van der Waals surface area contributed by atoms with Gasteiger partial charge in [-0.2, -0.15) is 4.98 Å². The van der Waals surface area contributed by atoms with Gasteiger partial charge in [-0.1, -0.05) is 60.6 Å². The predicted molar refractivity (Wildman–Crippen MR) is 135 cm³/mol. The molecule has 4 rings (SSSR count). The third kappa shape index (κ3) is 6.06. The molecule has 0 aliphatic heterocycles. The fourth-order valence-electron chi connectivity index (χ4n) is 3.76. The van der Waals surface area contributed by atoms with Crippen LogP contribution in [0, 0.1) is 6.92 Å². The Morgan fingerprint density at radius 1 is 1.03 bits per heavy atom. The topological polar surface area (TPSA) is 86.5 Å². The van der Waals surface area contributed by atoms with Gasteiger partial charge < -0.3 is 19.3 Å². The lowest BCUT2D eigenvalue weighted by Gasteiger charge is -2.12. The summed E-state index contributed by atoms with van der Waals surface area (Å²) < 4.78 is 16.8. The SMILES string of the molecule is CCc1cccc(C)c1NC(=O)CCc1nc(-c2ccc(OCc3ccccc3)c(OC)c2)no1. The van der Waals surface area contributed by atoms with Gasteiger partial charge in [-0.05, 0) is 48.2 Å². The molecule has 7 nitrogen and oxygen atoms in total. The molecule has 0 spiro atoms. The number of rotatable bonds is 10. The Hall–Kier alpha value is -4.13. The van der Waals surface area contributed by atoms with Crippen molar-refractivity contribution in [2.24, 2.45) is 0 Å². The normalized spacial score (nSPS) is 10.7. The number of nitrogens with zero attached hydrogens (tertiary/aromatic N) is 2. The molecule has 180 valence electrons. The molecule has 1 aromatic heterocycles. The van der Waals surface area contributed by atoms with Crippen molar-refractivity contribution >= 4 is 11.6 Å². The lowest BCUT2D eigenvalue weighted by molar-refractivity contribution is -0.116. The molecule has 0 bridgehead atoms. The Morgan fingerprint density at radius 2 is 1.86 bits per heavy atom. The van der Waals surface area contributed by atoms with Crippen molar-refractivity contribution < 1.29 is 18.8 Å². The van der Waals surface area contributed by atoms with Crippen molar-refractivity contribution in [2.45, 2.75) is 39.7 Å². The van der Waals surface area contributed by atoms with Crippen LogP contribution in [0.2, 0.25) is 0 Å². The maximum Gasteiger partial charge on any atom is 0.227 e. The van der Waals surface area contributed by atoms with Gasteiger partial charge in [0.2, 0.25) is 17.6 Å². The smallest absolute Gasteiger partial charge is 0.227 e. The van der Waals surface area contributed by atoms with Crippen LogP contribution in [0.4, 0.5) is 5.69 Å². The molecule has 35 heavy (non-hydrogen) atoms. The summed E-state index contributed by atoms with van der Waals surface area (Å²) in [6.45, 7) is 4.50. The third-order valence-corrected chi connectivity index (χ3v) is 5.70. The van der Waals surface area contributed by atoms with Crippen molar-refractivity contribution in [3.05, 3.63) is 89.3 Å². The van der Waals surface area contributed by atoms with Crippen molar-refractivity contribution in [3.63, 3.8) is 0 Å². The van der Waals surface area contributed by atoms with Crippen LogP contribution in [0.1, 0.15) is 35.9 Å². The quantitative estimate of drug-likeness (QED) is 0.316. The molecular formula is C28H29N3O4. The maximum absolute atomic E-state index is 12.5. The largest absolute Gasteiger partial charge is 0.493 e. The summed E-state index contributed by atoms with van der Waals surface area (Å²) in [6, 6.07) is 21.4. The zero-order valence-electron chi connectivity index (χ0n) is 20.2. The zero-order valence-corrected chi connectivity index (χ0v) is 20.2. The predicted octanol–water partition coefficient (Wildman–Crippen LogP) is 5.77. The molecule has 0 aliphatic carbocycles. The van der Waals surface area contributed by atoms with Gasteiger partial charge in [0.15, 0.2) is 11.5 Å². The minimum Gasteiger partial charge on any atom is -0.493 e. The average molecular weight is 472 g/mol. The van der Waals surface area contributed by atoms with Crippen LogP contribution in [0.5, 0.6) is 11.5 Å². The van der Waals surface area contributed by atoms with E-state index in [4.69, 9.17) is 14.0 Å². The van der Waals surface area contributed by atoms with E-state index in [2.05, 4.69) is 22.4 Å². The number of amides is 1. The van der Waals surface area contributed by atoms with Gasteiger partial charge in [0.1, 0.15) is 6.61 Å². The van der Waals surface area contributed by atoms with E-state index < -0.39 is 0 Å². The summed E-state index contributed by atoms with van der Waals surface area (Å²) in [4.78, 5) is 17.0. The summed E-state index contributed by atoms with van der Waals surface area (Å²) in [5.41, 5.74) is 4.85. The third-order valence-electron chi connectivity index (χ3n) is 5.70. The Morgan fingerprint density at radius 3 is 2.63 bits per heavy atom. The molecule has 1 heterocycles. The average Bonchev–Trinajstić information content (AvgIpc) is 3.37. The molecular weight excluding hydrogens is 442 g/mol. The second-order valence-corrected chi connectivity index (χ2v) is 8.16. The highest BCUT2D eigenvalue weighted by atomic mass is 16.5. The number of para-hydroxylation sites is 1.